The molecule has 6 nitrogen and oxygen atoms in total. The van der Waals surface area contributed by atoms with Gasteiger partial charge in [0.25, 0.3) is 5.56 Å². The second kappa shape index (κ2) is 8.48. The van der Waals surface area contributed by atoms with E-state index in [2.05, 4.69) is 10.3 Å². The molecule has 0 unspecified atom stereocenters. The number of nitrogens with zero attached hydrogens (tertiary/aromatic N) is 2. The molecule has 0 aliphatic heterocycles. The van der Waals surface area contributed by atoms with Gasteiger partial charge in [0.2, 0.25) is 5.91 Å². The molecule has 1 amide bonds. The van der Waals surface area contributed by atoms with E-state index in [0.717, 1.165) is 5.56 Å². The van der Waals surface area contributed by atoms with Crippen molar-refractivity contribution in [1.82, 2.24) is 14.9 Å². The second-order valence-corrected chi connectivity index (χ2v) is 7.70. The Morgan fingerprint density at radius 3 is 2.85 bits per heavy atom. The third-order valence-electron chi connectivity index (χ3n) is 3.64. The maximum atomic E-state index is 12.6. The summed E-state index contributed by atoms with van der Waals surface area (Å²) in [6, 6.07) is 11.4. The number of rotatable bonds is 7. The van der Waals surface area contributed by atoms with Crippen LogP contribution in [0.1, 0.15) is 12.5 Å². The van der Waals surface area contributed by atoms with E-state index in [9.17, 15) is 14.7 Å². The summed E-state index contributed by atoms with van der Waals surface area (Å²) >= 11 is 2.53. The summed E-state index contributed by atoms with van der Waals surface area (Å²) in [5.74, 6) is 0.0106. The van der Waals surface area contributed by atoms with Crippen molar-refractivity contribution < 1.29 is 9.90 Å². The maximum Gasteiger partial charge on any atom is 0.272 e. The zero-order valence-electron chi connectivity index (χ0n) is 14.2. The van der Waals surface area contributed by atoms with Gasteiger partial charge in [-0.3, -0.25) is 14.2 Å². The fourth-order valence-corrected chi connectivity index (χ4v) is 4.05. The first-order valence-electron chi connectivity index (χ1n) is 8.14. The molecule has 8 heteroatoms. The summed E-state index contributed by atoms with van der Waals surface area (Å²) in [4.78, 5) is 29.2. The van der Waals surface area contributed by atoms with Crippen LogP contribution < -0.4 is 10.9 Å². The minimum atomic E-state index is -0.682. The Morgan fingerprint density at radius 2 is 2.12 bits per heavy atom. The molecule has 0 aliphatic carbocycles. The Labute approximate surface area is 158 Å². The van der Waals surface area contributed by atoms with Gasteiger partial charge in [-0.15, -0.1) is 11.3 Å². The van der Waals surface area contributed by atoms with Crippen molar-refractivity contribution in [3.8, 4) is 0 Å². The van der Waals surface area contributed by atoms with E-state index in [1.165, 1.54) is 27.7 Å². The molecule has 0 bridgehead atoms. The number of carbonyl (C=O) groups excluding carboxylic acids is 1. The van der Waals surface area contributed by atoms with Gasteiger partial charge in [-0.25, -0.2) is 4.98 Å². The highest BCUT2D eigenvalue weighted by Gasteiger charge is 2.15. The Hall–Kier alpha value is -2.16. The lowest BCUT2D eigenvalue weighted by Crippen LogP contribution is -2.28. The predicted molar refractivity (Wildman–Crippen MR) is 105 cm³/mol. The Kier molecular flexibility index (Phi) is 6.08. The number of aliphatic hydroxyl groups excluding tert-OH is 1. The molecule has 0 saturated heterocycles. The number of amides is 1. The summed E-state index contributed by atoms with van der Waals surface area (Å²) in [7, 11) is 0. The number of aliphatic hydroxyl groups is 1. The third-order valence-corrected chi connectivity index (χ3v) is 5.51. The van der Waals surface area contributed by atoms with Gasteiger partial charge < -0.3 is 10.4 Å². The number of hydrogen-bond acceptors (Lipinski definition) is 6. The summed E-state index contributed by atoms with van der Waals surface area (Å²) in [6.07, 6.45) is -0.682. The molecule has 3 aromatic rings. The Morgan fingerprint density at radius 1 is 1.35 bits per heavy atom. The first-order valence-corrected chi connectivity index (χ1v) is 10.0. The minimum absolute atomic E-state index is 0.137. The van der Waals surface area contributed by atoms with Crippen LogP contribution in [-0.2, 0) is 17.9 Å². The lowest BCUT2D eigenvalue weighted by atomic mass is 10.2. The normalized spacial score (nSPS) is 12.2. The van der Waals surface area contributed by atoms with Gasteiger partial charge in [0.1, 0.15) is 4.70 Å². The molecule has 0 aliphatic rings. The second-order valence-electron chi connectivity index (χ2n) is 5.85. The smallest absolute Gasteiger partial charge is 0.272 e. The number of thioether (sulfide) groups is 1. The zero-order valence-corrected chi connectivity index (χ0v) is 15.8. The first kappa shape index (κ1) is 18.6. The van der Waals surface area contributed by atoms with Crippen molar-refractivity contribution in [2.75, 3.05) is 5.75 Å². The highest BCUT2D eigenvalue weighted by atomic mass is 32.2. The van der Waals surface area contributed by atoms with Crippen molar-refractivity contribution in [2.45, 2.75) is 31.3 Å². The van der Waals surface area contributed by atoms with Crippen LogP contribution in [0.2, 0.25) is 0 Å². The summed E-state index contributed by atoms with van der Waals surface area (Å²) < 4.78 is 2.00. The molecule has 26 heavy (non-hydrogen) atoms. The van der Waals surface area contributed by atoms with Gasteiger partial charge in [0, 0.05) is 6.54 Å². The largest absolute Gasteiger partial charge is 0.392 e. The van der Waals surface area contributed by atoms with E-state index in [0.29, 0.717) is 21.9 Å². The highest BCUT2D eigenvalue weighted by Crippen LogP contribution is 2.21. The average molecular weight is 390 g/mol. The number of carbonyl (C=O) groups is 1. The molecule has 0 saturated carbocycles. The first-order chi connectivity index (χ1) is 12.5. The van der Waals surface area contributed by atoms with Crippen molar-refractivity contribution in [1.29, 1.82) is 0 Å². The minimum Gasteiger partial charge on any atom is -0.392 e. The third kappa shape index (κ3) is 4.51. The fourth-order valence-electron chi connectivity index (χ4n) is 2.44. The van der Waals surface area contributed by atoms with Gasteiger partial charge in [-0.05, 0) is 23.9 Å². The van der Waals surface area contributed by atoms with E-state index in [4.69, 9.17) is 0 Å². The Balaban J connectivity index is 1.71. The summed E-state index contributed by atoms with van der Waals surface area (Å²) in [5.41, 5.74) is 1.46. The topological polar surface area (TPSA) is 84.2 Å². The maximum absolute atomic E-state index is 12.6. The van der Waals surface area contributed by atoms with Crippen LogP contribution in [0.25, 0.3) is 10.2 Å². The molecule has 0 fully saturated rings. The quantitative estimate of drug-likeness (QED) is 0.478. The summed E-state index contributed by atoms with van der Waals surface area (Å²) in [5, 5.41) is 14.8. The monoisotopic (exact) mass is 389 g/mol. The Bertz CT molecular complexity index is 951. The molecular formula is C18H19N3O3S2. The molecule has 1 aromatic carbocycles. The van der Waals surface area contributed by atoms with Gasteiger partial charge in [-0.1, -0.05) is 42.1 Å². The van der Waals surface area contributed by atoms with E-state index in [1.54, 1.807) is 13.0 Å². The van der Waals surface area contributed by atoms with Crippen molar-refractivity contribution in [3.63, 3.8) is 0 Å². The van der Waals surface area contributed by atoms with E-state index in [1.807, 2.05) is 35.7 Å². The molecule has 136 valence electrons. The van der Waals surface area contributed by atoms with Crippen LogP contribution in [0, 0.1) is 0 Å². The molecule has 2 aromatic heterocycles. The van der Waals surface area contributed by atoms with Gasteiger partial charge >= 0.3 is 0 Å². The van der Waals surface area contributed by atoms with Crippen LogP contribution >= 0.6 is 23.1 Å². The van der Waals surface area contributed by atoms with Gasteiger partial charge in [0.15, 0.2) is 5.16 Å². The molecular weight excluding hydrogens is 370 g/mol. The van der Waals surface area contributed by atoms with Crippen LogP contribution in [0.15, 0.2) is 51.7 Å². The molecule has 0 radical (unpaired) electrons. The van der Waals surface area contributed by atoms with Crippen LogP contribution in [0.5, 0.6) is 0 Å². The number of hydrogen-bond donors (Lipinski definition) is 2. The molecule has 2 N–H and O–H groups in total. The number of nitrogens with one attached hydrogen (secondary N) is 1. The number of thiophene rings is 1. The van der Waals surface area contributed by atoms with Gasteiger partial charge in [0.05, 0.1) is 23.9 Å². The van der Waals surface area contributed by atoms with Crippen molar-refractivity contribution >= 4 is 39.2 Å². The van der Waals surface area contributed by atoms with E-state index < -0.39 is 6.10 Å². The van der Waals surface area contributed by atoms with Crippen molar-refractivity contribution in [2.24, 2.45) is 0 Å². The molecule has 0 spiro atoms. The number of aromatic nitrogens is 2. The fraction of sp³-hybridized carbons (Fsp3) is 0.278. The van der Waals surface area contributed by atoms with Crippen LogP contribution in [-0.4, -0.2) is 32.4 Å². The van der Waals surface area contributed by atoms with Crippen LogP contribution in [0.3, 0.4) is 0 Å². The van der Waals surface area contributed by atoms with Gasteiger partial charge in [-0.2, -0.15) is 0 Å². The van der Waals surface area contributed by atoms with E-state index in [-0.39, 0.29) is 23.8 Å². The van der Waals surface area contributed by atoms with E-state index >= 15 is 0 Å². The molecule has 1 atom stereocenters. The summed E-state index contributed by atoms with van der Waals surface area (Å²) in [6.45, 7) is 2.22. The number of benzene rings is 1. The highest BCUT2D eigenvalue weighted by molar-refractivity contribution is 7.99. The zero-order chi connectivity index (χ0) is 18.5. The standard InChI is InChI=1S/C18H19N3O3S2/c1-12(22)10-21-17(24)16-14(7-8-25-16)20-18(21)26-11-15(23)19-9-13-5-3-2-4-6-13/h2-8,12,22H,9-11H2,1H3,(H,19,23)/t12-/m1/s1. The lowest BCUT2D eigenvalue weighted by molar-refractivity contribution is -0.118. The number of fused-ring (bicyclic) bond motifs is 1. The molecule has 2 heterocycles. The predicted octanol–water partition coefficient (Wildman–Crippen LogP) is 2.25. The SMILES string of the molecule is C[C@@H](O)Cn1c(SCC(=O)NCc2ccccc2)nc2ccsc2c1=O. The van der Waals surface area contributed by atoms with Crippen molar-refractivity contribution in [3.05, 3.63) is 57.7 Å². The van der Waals surface area contributed by atoms with Crippen LogP contribution in [0.4, 0.5) is 0 Å². The molecule has 3 rings (SSSR count). The average Bonchev–Trinajstić information content (AvgIpc) is 3.10. The lowest BCUT2D eigenvalue weighted by Gasteiger charge is -2.13.